The van der Waals surface area contributed by atoms with Gasteiger partial charge in [0.1, 0.15) is 5.75 Å². The van der Waals surface area contributed by atoms with Crippen molar-refractivity contribution < 1.29 is 5.11 Å². The highest BCUT2D eigenvalue weighted by Crippen LogP contribution is 2.46. The predicted molar refractivity (Wildman–Crippen MR) is 80.7 cm³/mol. The Bertz CT molecular complexity index is 441. The molecular weight excluding hydrogens is 234 g/mol. The normalized spacial score (nSPS) is 23.4. The average Bonchev–Trinajstić information content (AvgIpc) is 2.69. The summed E-state index contributed by atoms with van der Waals surface area (Å²) in [5.41, 5.74) is 3.82. The lowest BCUT2D eigenvalue weighted by molar-refractivity contribution is 0.400. The van der Waals surface area contributed by atoms with Crippen LogP contribution < -0.4 is 5.32 Å². The Labute approximate surface area is 117 Å². The van der Waals surface area contributed by atoms with E-state index in [2.05, 4.69) is 33.0 Å². The molecule has 2 rings (SSSR count). The number of hydrogen-bond donors (Lipinski definition) is 2. The van der Waals surface area contributed by atoms with Gasteiger partial charge in [-0.1, -0.05) is 32.8 Å². The summed E-state index contributed by atoms with van der Waals surface area (Å²) < 4.78 is 0. The minimum absolute atomic E-state index is 0.316. The second kappa shape index (κ2) is 5.96. The predicted octanol–water partition coefficient (Wildman–Crippen LogP) is 4.42. The van der Waals surface area contributed by atoms with E-state index in [0.717, 1.165) is 12.0 Å². The van der Waals surface area contributed by atoms with E-state index in [1.165, 1.54) is 30.4 Å². The van der Waals surface area contributed by atoms with Gasteiger partial charge in [0.05, 0.1) is 0 Å². The third kappa shape index (κ3) is 2.94. The van der Waals surface area contributed by atoms with Crippen LogP contribution in [-0.2, 0) is 0 Å². The first-order valence-electron chi connectivity index (χ1n) is 7.63. The average molecular weight is 261 g/mol. The van der Waals surface area contributed by atoms with Crippen LogP contribution in [0.4, 0.5) is 0 Å². The highest BCUT2D eigenvalue weighted by atomic mass is 16.3. The van der Waals surface area contributed by atoms with Crippen LogP contribution >= 0.6 is 0 Å². The Balaban J connectivity index is 2.17. The molecule has 3 atom stereocenters. The molecule has 1 aliphatic rings. The van der Waals surface area contributed by atoms with Gasteiger partial charge in [0.2, 0.25) is 0 Å². The monoisotopic (exact) mass is 261 g/mol. The van der Waals surface area contributed by atoms with Crippen molar-refractivity contribution in [2.75, 3.05) is 0 Å². The lowest BCUT2D eigenvalue weighted by Gasteiger charge is -2.21. The van der Waals surface area contributed by atoms with E-state index in [1.807, 2.05) is 12.1 Å². The lowest BCUT2D eigenvalue weighted by Crippen LogP contribution is -2.29. The molecule has 0 radical (unpaired) electrons. The SMILES string of the molecule is CCCCC(C)NC1CC(C)c2c(C)ccc(O)c21. The Morgan fingerprint density at radius 1 is 1.37 bits per heavy atom. The second-order valence-corrected chi connectivity index (χ2v) is 6.13. The first-order valence-corrected chi connectivity index (χ1v) is 7.63. The molecule has 2 N–H and O–H groups in total. The van der Waals surface area contributed by atoms with Crippen molar-refractivity contribution in [1.82, 2.24) is 5.32 Å². The van der Waals surface area contributed by atoms with Crippen molar-refractivity contribution in [3.63, 3.8) is 0 Å². The number of benzene rings is 1. The van der Waals surface area contributed by atoms with E-state index in [9.17, 15) is 5.11 Å². The standard InChI is InChI=1S/C17H27NO/c1-5-6-7-13(4)18-14-10-12(3)16-11(2)8-9-15(19)17(14)16/h8-9,12-14,18-19H,5-7,10H2,1-4H3. The fourth-order valence-electron chi connectivity index (χ4n) is 3.43. The second-order valence-electron chi connectivity index (χ2n) is 6.13. The maximum Gasteiger partial charge on any atom is 0.120 e. The van der Waals surface area contributed by atoms with Crippen LogP contribution in [0.25, 0.3) is 0 Å². The molecule has 19 heavy (non-hydrogen) atoms. The zero-order valence-electron chi connectivity index (χ0n) is 12.7. The molecule has 0 aliphatic heterocycles. The van der Waals surface area contributed by atoms with Gasteiger partial charge in [-0.3, -0.25) is 0 Å². The van der Waals surface area contributed by atoms with Crippen molar-refractivity contribution in [1.29, 1.82) is 0 Å². The molecule has 0 bridgehead atoms. The van der Waals surface area contributed by atoms with Gasteiger partial charge in [-0.15, -0.1) is 0 Å². The topological polar surface area (TPSA) is 32.3 Å². The number of aryl methyl sites for hydroxylation is 1. The zero-order valence-corrected chi connectivity index (χ0v) is 12.7. The number of hydrogen-bond acceptors (Lipinski definition) is 2. The van der Waals surface area contributed by atoms with Gasteiger partial charge in [-0.2, -0.15) is 0 Å². The Morgan fingerprint density at radius 2 is 2.11 bits per heavy atom. The Hall–Kier alpha value is -1.02. The van der Waals surface area contributed by atoms with Gasteiger partial charge in [-0.25, -0.2) is 0 Å². The molecule has 3 unspecified atom stereocenters. The fraction of sp³-hybridized carbons (Fsp3) is 0.647. The van der Waals surface area contributed by atoms with Crippen LogP contribution in [0.15, 0.2) is 12.1 Å². The molecule has 0 aromatic heterocycles. The molecule has 1 aromatic rings. The van der Waals surface area contributed by atoms with Crippen LogP contribution in [0.3, 0.4) is 0 Å². The molecule has 0 heterocycles. The smallest absolute Gasteiger partial charge is 0.120 e. The minimum atomic E-state index is 0.316. The van der Waals surface area contributed by atoms with Crippen molar-refractivity contribution in [2.24, 2.45) is 0 Å². The summed E-state index contributed by atoms with van der Waals surface area (Å²) in [6.45, 7) is 8.90. The fourth-order valence-corrected chi connectivity index (χ4v) is 3.43. The lowest BCUT2D eigenvalue weighted by atomic mass is 9.97. The summed E-state index contributed by atoms with van der Waals surface area (Å²) in [6, 6.07) is 4.71. The maximum atomic E-state index is 10.2. The molecule has 2 nitrogen and oxygen atoms in total. The molecule has 106 valence electrons. The number of unbranched alkanes of at least 4 members (excludes halogenated alkanes) is 1. The van der Waals surface area contributed by atoms with Crippen molar-refractivity contribution in [3.8, 4) is 5.75 Å². The molecule has 0 fully saturated rings. The highest BCUT2D eigenvalue weighted by molar-refractivity contribution is 5.50. The van der Waals surface area contributed by atoms with Crippen LogP contribution in [0, 0.1) is 6.92 Å². The molecule has 2 heteroatoms. The first-order chi connectivity index (χ1) is 9.04. The summed E-state index contributed by atoms with van der Waals surface area (Å²) >= 11 is 0. The van der Waals surface area contributed by atoms with E-state index >= 15 is 0 Å². The van der Waals surface area contributed by atoms with Gasteiger partial charge >= 0.3 is 0 Å². The van der Waals surface area contributed by atoms with Gasteiger partial charge < -0.3 is 10.4 Å². The van der Waals surface area contributed by atoms with Crippen LogP contribution in [0.2, 0.25) is 0 Å². The van der Waals surface area contributed by atoms with Crippen molar-refractivity contribution in [3.05, 3.63) is 28.8 Å². The maximum absolute atomic E-state index is 10.2. The summed E-state index contributed by atoms with van der Waals surface area (Å²) in [6.07, 6.45) is 4.82. The molecule has 1 aliphatic carbocycles. The molecule has 0 amide bonds. The zero-order chi connectivity index (χ0) is 14.0. The third-order valence-electron chi connectivity index (χ3n) is 4.39. The molecule has 0 saturated heterocycles. The van der Waals surface area contributed by atoms with Gasteiger partial charge in [0.15, 0.2) is 0 Å². The van der Waals surface area contributed by atoms with Gasteiger partial charge in [-0.05, 0) is 49.8 Å². The number of aromatic hydroxyl groups is 1. The minimum Gasteiger partial charge on any atom is -0.508 e. The van der Waals surface area contributed by atoms with Gasteiger partial charge in [0, 0.05) is 17.6 Å². The van der Waals surface area contributed by atoms with E-state index in [-0.39, 0.29) is 0 Å². The first kappa shape index (κ1) is 14.4. The number of phenols is 1. The molecule has 1 aromatic carbocycles. The third-order valence-corrected chi connectivity index (χ3v) is 4.39. The number of phenolic OH excluding ortho intramolecular Hbond substituents is 1. The van der Waals surface area contributed by atoms with Crippen molar-refractivity contribution in [2.45, 2.75) is 71.4 Å². The summed E-state index contributed by atoms with van der Waals surface area (Å²) in [7, 11) is 0. The Kier molecular flexibility index (Phi) is 4.51. The van der Waals surface area contributed by atoms with Crippen LogP contribution in [-0.4, -0.2) is 11.1 Å². The Morgan fingerprint density at radius 3 is 2.79 bits per heavy atom. The van der Waals surface area contributed by atoms with Crippen LogP contribution in [0.1, 0.15) is 75.1 Å². The van der Waals surface area contributed by atoms with E-state index in [0.29, 0.717) is 23.8 Å². The molecule has 0 spiro atoms. The van der Waals surface area contributed by atoms with Gasteiger partial charge in [0.25, 0.3) is 0 Å². The highest BCUT2D eigenvalue weighted by Gasteiger charge is 2.32. The van der Waals surface area contributed by atoms with Crippen molar-refractivity contribution >= 4 is 0 Å². The quantitative estimate of drug-likeness (QED) is 0.822. The largest absolute Gasteiger partial charge is 0.508 e. The number of fused-ring (bicyclic) bond motifs is 1. The van der Waals surface area contributed by atoms with E-state index in [4.69, 9.17) is 0 Å². The molecular formula is C17H27NO. The van der Waals surface area contributed by atoms with E-state index < -0.39 is 0 Å². The summed E-state index contributed by atoms with van der Waals surface area (Å²) in [4.78, 5) is 0. The number of rotatable bonds is 5. The van der Waals surface area contributed by atoms with Crippen LogP contribution in [0.5, 0.6) is 5.75 Å². The summed E-state index contributed by atoms with van der Waals surface area (Å²) in [5, 5.41) is 13.9. The van der Waals surface area contributed by atoms with E-state index in [1.54, 1.807) is 0 Å². The molecule has 0 saturated carbocycles. The number of nitrogens with one attached hydrogen (secondary N) is 1. The summed E-state index contributed by atoms with van der Waals surface area (Å²) in [5.74, 6) is 1.00.